The highest BCUT2D eigenvalue weighted by atomic mass is 79.9. The summed E-state index contributed by atoms with van der Waals surface area (Å²) in [6.07, 6.45) is 0. The Morgan fingerprint density at radius 1 is 1.35 bits per heavy atom. The van der Waals surface area contributed by atoms with Gasteiger partial charge in [-0.25, -0.2) is 4.98 Å². The number of ether oxygens (including phenoxy) is 1. The highest BCUT2D eigenvalue weighted by molar-refractivity contribution is 9.10. The van der Waals surface area contributed by atoms with Gasteiger partial charge >= 0.3 is 0 Å². The summed E-state index contributed by atoms with van der Waals surface area (Å²) in [7, 11) is 1.50. The molecule has 0 saturated heterocycles. The van der Waals surface area contributed by atoms with E-state index in [0.29, 0.717) is 16.2 Å². The average molecular weight is 345 g/mol. The molecule has 0 saturated carbocycles. The molecular weight excluding hydrogens is 324 g/mol. The largest absolute Gasteiger partial charge is 0.481 e. The lowest BCUT2D eigenvalue weighted by atomic mass is 9.79. The van der Waals surface area contributed by atoms with Crippen molar-refractivity contribution in [2.24, 2.45) is 11.8 Å². The summed E-state index contributed by atoms with van der Waals surface area (Å²) in [5, 5.41) is 13.3. The third kappa shape index (κ3) is 3.49. The molecule has 5 nitrogen and oxygen atoms in total. The number of hydrogen-bond donors (Lipinski definition) is 2. The molecule has 0 radical (unpaired) electrons. The van der Waals surface area contributed by atoms with E-state index in [1.807, 2.05) is 27.7 Å². The Morgan fingerprint density at radius 2 is 1.90 bits per heavy atom. The number of nitrogens with zero attached hydrogens (tertiary/aromatic N) is 1. The lowest BCUT2D eigenvalue weighted by molar-refractivity contribution is -0.144. The number of carbonyl (C=O) groups is 1. The van der Waals surface area contributed by atoms with Crippen molar-refractivity contribution in [3.05, 3.63) is 16.7 Å². The van der Waals surface area contributed by atoms with Crippen LogP contribution in [0.5, 0.6) is 5.88 Å². The first kappa shape index (κ1) is 16.9. The van der Waals surface area contributed by atoms with E-state index in [9.17, 15) is 9.90 Å². The van der Waals surface area contributed by atoms with Crippen LogP contribution in [0.4, 0.5) is 5.69 Å². The van der Waals surface area contributed by atoms with Gasteiger partial charge in [0.25, 0.3) is 5.91 Å². The second-order valence-corrected chi connectivity index (χ2v) is 6.12. The molecule has 1 rings (SSSR count). The molecule has 2 N–H and O–H groups in total. The third-order valence-electron chi connectivity index (χ3n) is 3.36. The van der Waals surface area contributed by atoms with Crippen molar-refractivity contribution < 1.29 is 14.6 Å². The van der Waals surface area contributed by atoms with Gasteiger partial charge in [-0.3, -0.25) is 4.79 Å². The number of anilines is 1. The SMILES string of the molecule is COc1cc(NC(=O)C(O)(C(C)C)C(C)C)cc(Br)n1. The minimum absolute atomic E-state index is 0.199. The molecule has 0 bridgehead atoms. The summed E-state index contributed by atoms with van der Waals surface area (Å²) in [6.45, 7) is 7.29. The van der Waals surface area contributed by atoms with Crippen LogP contribution in [0.1, 0.15) is 27.7 Å². The molecule has 112 valence electrons. The Balaban J connectivity index is 3.03. The standard InChI is InChI=1S/C14H21BrN2O3/c1-8(2)14(19,9(3)4)13(18)16-10-6-11(15)17-12(7-10)20-5/h6-9,19H,1-5H3,(H,16,17,18). The number of pyridine rings is 1. The number of carbonyl (C=O) groups excluding carboxylic acids is 1. The number of aliphatic hydroxyl groups is 1. The maximum atomic E-state index is 12.4. The highest BCUT2D eigenvalue weighted by Crippen LogP contribution is 2.29. The molecule has 0 atom stereocenters. The Labute approximate surface area is 127 Å². The van der Waals surface area contributed by atoms with E-state index in [4.69, 9.17) is 4.74 Å². The molecule has 6 heteroatoms. The van der Waals surface area contributed by atoms with Crippen molar-refractivity contribution in [3.8, 4) is 5.88 Å². The Kier molecular flexibility index (Phi) is 5.53. The topological polar surface area (TPSA) is 71.5 Å². The molecule has 1 aromatic rings. The minimum Gasteiger partial charge on any atom is -0.481 e. The molecule has 1 heterocycles. The van der Waals surface area contributed by atoms with Crippen LogP contribution < -0.4 is 10.1 Å². The van der Waals surface area contributed by atoms with Crippen LogP contribution in [0.2, 0.25) is 0 Å². The molecule has 0 aromatic carbocycles. The van der Waals surface area contributed by atoms with Crippen LogP contribution in [0, 0.1) is 11.8 Å². The molecule has 0 aliphatic heterocycles. The number of nitrogens with one attached hydrogen (secondary N) is 1. The number of aromatic nitrogens is 1. The van der Waals surface area contributed by atoms with Crippen LogP contribution in [0.25, 0.3) is 0 Å². The monoisotopic (exact) mass is 344 g/mol. The van der Waals surface area contributed by atoms with Crippen LogP contribution in [-0.2, 0) is 4.79 Å². The van der Waals surface area contributed by atoms with Crippen LogP contribution in [-0.4, -0.2) is 28.7 Å². The fourth-order valence-electron chi connectivity index (χ4n) is 2.07. The average Bonchev–Trinajstić information content (AvgIpc) is 2.36. The minimum atomic E-state index is -1.43. The van der Waals surface area contributed by atoms with Gasteiger partial charge in [-0.2, -0.15) is 0 Å². The van der Waals surface area contributed by atoms with Gasteiger partial charge in [0.2, 0.25) is 5.88 Å². The zero-order valence-corrected chi connectivity index (χ0v) is 14.0. The van der Waals surface area contributed by atoms with E-state index in [0.717, 1.165) is 0 Å². The van der Waals surface area contributed by atoms with Gasteiger partial charge in [0.15, 0.2) is 0 Å². The summed E-state index contributed by atoms with van der Waals surface area (Å²) in [5.41, 5.74) is -0.906. The van der Waals surface area contributed by atoms with E-state index in [1.165, 1.54) is 7.11 Å². The van der Waals surface area contributed by atoms with Gasteiger partial charge < -0.3 is 15.2 Å². The van der Waals surface area contributed by atoms with Crippen LogP contribution in [0.15, 0.2) is 16.7 Å². The molecule has 0 aliphatic rings. The molecule has 1 amide bonds. The predicted molar refractivity (Wildman–Crippen MR) is 81.7 cm³/mol. The first-order valence-electron chi connectivity index (χ1n) is 6.47. The zero-order chi connectivity index (χ0) is 15.5. The van der Waals surface area contributed by atoms with Gasteiger partial charge in [0.1, 0.15) is 10.2 Å². The molecule has 0 aliphatic carbocycles. The van der Waals surface area contributed by atoms with E-state index in [1.54, 1.807) is 12.1 Å². The summed E-state index contributed by atoms with van der Waals surface area (Å²) in [5.74, 6) is -0.445. The predicted octanol–water partition coefficient (Wildman–Crippen LogP) is 2.83. The number of methoxy groups -OCH3 is 1. The Hall–Kier alpha value is -1.14. The maximum absolute atomic E-state index is 12.4. The fourth-order valence-corrected chi connectivity index (χ4v) is 2.49. The molecule has 20 heavy (non-hydrogen) atoms. The first-order valence-corrected chi connectivity index (χ1v) is 7.26. The second-order valence-electron chi connectivity index (χ2n) is 5.31. The van der Waals surface area contributed by atoms with Crippen molar-refractivity contribution in [1.29, 1.82) is 0 Å². The van der Waals surface area contributed by atoms with Crippen molar-refractivity contribution in [2.45, 2.75) is 33.3 Å². The summed E-state index contributed by atoms with van der Waals surface area (Å²) in [6, 6.07) is 3.26. The van der Waals surface area contributed by atoms with Crippen molar-refractivity contribution in [1.82, 2.24) is 4.98 Å². The van der Waals surface area contributed by atoms with Gasteiger partial charge in [-0.15, -0.1) is 0 Å². The lowest BCUT2D eigenvalue weighted by Crippen LogP contribution is -2.51. The van der Waals surface area contributed by atoms with Crippen molar-refractivity contribution >= 4 is 27.5 Å². The van der Waals surface area contributed by atoms with E-state index in [-0.39, 0.29) is 11.8 Å². The Morgan fingerprint density at radius 3 is 2.35 bits per heavy atom. The van der Waals surface area contributed by atoms with Gasteiger partial charge in [0.05, 0.1) is 7.11 Å². The number of rotatable bonds is 5. The summed E-state index contributed by atoms with van der Waals surface area (Å²) < 4.78 is 5.59. The molecule has 0 unspecified atom stereocenters. The van der Waals surface area contributed by atoms with E-state index >= 15 is 0 Å². The number of halogens is 1. The maximum Gasteiger partial charge on any atom is 0.256 e. The zero-order valence-electron chi connectivity index (χ0n) is 12.4. The summed E-state index contributed by atoms with van der Waals surface area (Å²) >= 11 is 3.25. The van der Waals surface area contributed by atoms with Crippen molar-refractivity contribution in [2.75, 3.05) is 12.4 Å². The van der Waals surface area contributed by atoms with Gasteiger partial charge in [-0.1, -0.05) is 27.7 Å². The molecule has 1 aromatic heterocycles. The fraction of sp³-hybridized carbons (Fsp3) is 0.571. The number of hydrogen-bond acceptors (Lipinski definition) is 4. The smallest absolute Gasteiger partial charge is 0.256 e. The number of amides is 1. The van der Waals surface area contributed by atoms with Crippen LogP contribution in [0.3, 0.4) is 0 Å². The lowest BCUT2D eigenvalue weighted by Gasteiger charge is -2.34. The Bertz CT molecular complexity index is 481. The van der Waals surface area contributed by atoms with Gasteiger partial charge in [0, 0.05) is 11.8 Å². The quantitative estimate of drug-likeness (QED) is 0.805. The highest BCUT2D eigenvalue weighted by Gasteiger charge is 2.42. The summed E-state index contributed by atoms with van der Waals surface area (Å²) in [4.78, 5) is 16.5. The van der Waals surface area contributed by atoms with Crippen molar-refractivity contribution in [3.63, 3.8) is 0 Å². The third-order valence-corrected chi connectivity index (χ3v) is 3.77. The normalized spacial score (nSPS) is 11.8. The molecular formula is C14H21BrN2O3. The van der Waals surface area contributed by atoms with Gasteiger partial charge in [-0.05, 0) is 33.8 Å². The molecule has 0 spiro atoms. The van der Waals surface area contributed by atoms with E-state index < -0.39 is 11.5 Å². The van der Waals surface area contributed by atoms with Crippen LogP contribution >= 0.6 is 15.9 Å². The first-order chi connectivity index (χ1) is 9.21. The molecule has 0 fully saturated rings. The van der Waals surface area contributed by atoms with E-state index in [2.05, 4.69) is 26.2 Å². The second kappa shape index (κ2) is 6.54.